The lowest BCUT2D eigenvalue weighted by atomic mass is 9.94. The first-order valence-corrected chi connectivity index (χ1v) is 6.39. The average Bonchev–Trinajstić information content (AvgIpc) is 2.45. The number of hydrogen-bond donors (Lipinski definition) is 0. The van der Waals surface area contributed by atoms with E-state index in [0.717, 1.165) is 18.5 Å². The van der Waals surface area contributed by atoms with Crippen molar-refractivity contribution in [3.05, 3.63) is 59.9 Å². The summed E-state index contributed by atoms with van der Waals surface area (Å²) < 4.78 is 0. The molecule has 18 heavy (non-hydrogen) atoms. The van der Waals surface area contributed by atoms with Crippen LogP contribution in [0.2, 0.25) is 0 Å². The third-order valence-corrected chi connectivity index (χ3v) is 3.73. The van der Waals surface area contributed by atoms with Crippen LogP contribution in [-0.2, 0) is 6.42 Å². The van der Waals surface area contributed by atoms with Crippen molar-refractivity contribution in [1.29, 1.82) is 0 Å². The molecule has 0 unspecified atom stereocenters. The Morgan fingerprint density at radius 1 is 0.944 bits per heavy atom. The van der Waals surface area contributed by atoms with Crippen LogP contribution in [0.25, 0.3) is 27.6 Å². The van der Waals surface area contributed by atoms with Gasteiger partial charge in [0.05, 0.1) is 5.69 Å². The normalized spacial score (nSPS) is 14.0. The van der Waals surface area contributed by atoms with E-state index in [9.17, 15) is 0 Å². The number of rotatable bonds is 0. The summed E-state index contributed by atoms with van der Waals surface area (Å²) in [6, 6.07) is 13.1. The van der Waals surface area contributed by atoms with Crippen LogP contribution in [0.3, 0.4) is 0 Å². The summed E-state index contributed by atoms with van der Waals surface area (Å²) in [7, 11) is 0. The first kappa shape index (κ1) is 9.84. The molecule has 0 radical (unpaired) electrons. The Labute approximate surface area is 106 Å². The van der Waals surface area contributed by atoms with E-state index >= 15 is 0 Å². The van der Waals surface area contributed by atoms with Crippen molar-refractivity contribution >= 4 is 27.6 Å². The summed E-state index contributed by atoms with van der Waals surface area (Å²) in [5.74, 6) is 0. The van der Waals surface area contributed by atoms with Crippen molar-refractivity contribution in [3.63, 3.8) is 0 Å². The third kappa shape index (κ3) is 1.37. The van der Waals surface area contributed by atoms with Crippen LogP contribution in [0.15, 0.2) is 48.7 Å². The molecule has 1 heteroatoms. The Bertz CT molecular complexity index is 784. The van der Waals surface area contributed by atoms with Gasteiger partial charge in [0.15, 0.2) is 0 Å². The van der Waals surface area contributed by atoms with E-state index in [-0.39, 0.29) is 0 Å². The van der Waals surface area contributed by atoms with Crippen molar-refractivity contribution in [2.24, 2.45) is 0 Å². The second-order valence-electron chi connectivity index (χ2n) is 4.85. The Morgan fingerprint density at radius 2 is 1.78 bits per heavy atom. The van der Waals surface area contributed by atoms with Crippen LogP contribution >= 0.6 is 0 Å². The molecule has 0 aliphatic heterocycles. The number of aromatic nitrogens is 1. The van der Waals surface area contributed by atoms with Crippen LogP contribution in [0.5, 0.6) is 0 Å². The molecule has 0 bridgehead atoms. The van der Waals surface area contributed by atoms with E-state index in [4.69, 9.17) is 0 Å². The van der Waals surface area contributed by atoms with E-state index in [2.05, 4.69) is 53.5 Å². The Morgan fingerprint density at radius 3 is 2.67 bits per heavy atom. The smallest absolute Gasteiger partial charge is 0.0664 e. The van der Waals surface area contributed by atoms with Gasteiger partial charge in [0.2, 0.25) is 0 Å². The number of allylic oxidation sites excluding steroid dienone is 1. The lowest BCUT2D eigenvalue weighted by Gasteiger charge is -2.13. The van der Waals surface area contributed by atoms with E-state index in [1.807, 2.05) is 6.20 Å². The van der Waals surface area contributed by atoms with E-state index in [1.165, 1.54) is 27.1 Å². The zero-order valence-corrected chi connectivity index (χ0v) is 10.1. The summed E-state index contributed by atoms with van der Waals surface area (Å²) in [6.07, 6.45) is 8.58. The van der Waals surface area contributed by atoms with Gasteiger partial charge in [-0.1, -0.05) is 30.3 Å². The largest absolute Gasteiger partial charge is 0.256 e. The van der Waals surface area contributed by atoms with Crippen molar-refractivity contribution in [2.75, 3.05) is 0 Å². The zero-order valence-electron chi connectivity index (χ0n) is 10.1. The lowest BCUT2D eigenvalue weighted by molar-refractivity contribution is 0.978. The molecular formula is C17H13N. The molecule has 0 saturated carbocycles. The molecule has 2 aromatic carbocycles. The maximum absolute atomic E-state index is 4.57. The van der Waals surface area contributed by atoms with Gasteiger partial charge >= 0.3 is 0 Å². The summed E-state index contributed by atoms with van der Waals surface area (Å²) in [4.78, 5) is 4.57. The predicted molar refractivity (Wildman–Crippen MR) is 76.6 cm³/mol. The monoisotopic (exact) mass is 231 g/mol. The van der Waals surface area contributed by atoms with Crippen LogP contribution in [-0.4, -0.2) is 4.98 Å². The standard InChI is InChI=1S/C17H13N/c1-2-6-13-10-16-14(9-12(13)5-1)11-18-17-8-4-3-7-15(16)17/h1-2,4-6,8-11H,3,7H2. The molecule has 1 aliphatic carbocycles. The van der Waals surface area contributed by atoms with Gasteiger partial charge in [0.25, 0.3) is 0 Å². The van der Waals surface area contributed by atoms with Crippen LogP contribution in [0, 0.1) is 0 Å². The molecule has 0 fully saturated rings. The quantitative estimate of drug-likeness (QED) is 0.524. The highest BCUT2D eigenvalue weighted by Gasteiger charge is 2.10. The zero-order chi connectivity index (χ0) is 11.9. The topological polar surface area (TPSA) is 12.9 Å². The molecule has 1 aliphatic rings. The fourth-order valence-corrected chi connectivity index (χ4v) is 2.81. The van der Waals surface area contributed by atoms with Gasteiger partial charge < -0.3 is 0 Å². The van der Waals surface area contributed by atoms with Crippen LogP contribution < -0.4 is 0 Å². The maximum atomic E-state index is 4.57. The van der Waals surface area contributed by atoms with Gasteiger partial charge in [-0.3, -0.25) is 4.98 Å². The molecule has 3 aromatic rings. The highest BCUT2D eigenvalue weighted by Crippen LogP contribution is 2.29. The number of pyridine rings is 1. The number of nitrogens with zero attached hydrogens (tertiary/aromatic N) is 1. The fourth-order valence-electron chi connectivity index (χ4n) is 2.81. The summed E-state index contributed by atoms with van der Waals surface area (Å²) in [6.45, 7) is 0. The fraction of sp³-hybridized carbons (Fsp3) is 0.118. The maximum Gasteiger partial charge on any atom is 0.0664 e. The molecule has 1 nitrogen and oxygen atoms in total. The van der Waals surface area contributed by atoms with Crippen molar-refractivity contribution < 1.29 is 0 Å². The summed E-state index contributed by atoms with van der Waals surface area (Å²) >= 11 is 0. The van der Waals surface area contributed by atoms with Gasteiger partial charge in [-0.15, -0.1) is 0 Å². The molecule has 0 atom stereocenters. The number of fused-ring (bicyclic) bond motifs is 4. The molecule has 0 amide bonds. The molecular weight excluding hydrogens is 218 g/mol. The first-order valence-electron chi connectivity index (χ1n) is 6.39. The minimum atomic E-state index is 1.11. The minimum absolute atomic E-state index is 1.11. The molecule has 0 N–H and O–H groups in total. The third-order valence-electron chi connectivity index (χ3n) is 3.73. The number of aryl methyl sites for hydroxylation is 1. The lowest BCUT2D eigenvalue weighted by Crippen LogP contribution is -1.98. The Hall–Kier alpha value is -2.15. The number of benzene rings is 2. The van der Waals surface area contributed by atoms with Gasteiger partial charge in [-0.2, -0.15) is 0 Å². The second-order valence-corrected chi connectivity index (χ2v) is 4.85. The van der Waals surface area contributed by atoms with Gasteiger partial charge in [0.1, 0.15) is 0 Å². The van der Waals surface area contributed by atoms with Gasteiger partial charge in [-0.05, 0) is 52.8 Å². The van der Waals surface area contributed by atoms with Crippen molar-refractivity contribution in [3.8, 4) is 0 Å². The minimum Gasteiger partial charge on any atom is -0.256 e. The molecule has 4 rings (SSSR count). The summed E-state index contributed by atoms with van der Waals surface area (Å²) in [5.41, 5.74) is 2.55. The van der Waals surface area contributed by atoms with Crippen molar-refractivity contribution in [1.82, 2.24) is 4.98 Å². The SMILES string of the molecule is C1=Cc2ncc3cc4ccccc4cc3c2CC1. The van der Waals surface area contributed by atoms with Crippen LogP contribution in [0.4, 0.5) is 0 Å². The van der Waals surface area contributed by atoms with E-state index in [0.29, 0.717) is 0 Å². The predicted octanol–water partition coefficient (Wildman–Crippen LogP) is 4.35. The van der Waals surface area contributed by atoms with E-state index < -0.39 is 0 Å². The molecule has 86 valence electrons. The number of hydrogen-bond acceptors (Lipinski definition) is 1. The Balaban J connectivity index is 2.15. The first-order chi connectivity index (χ1) is 8.92. The molecule has 0 saturated heterocycles. The molecule has 1 heterocycles. The van der Waals surface area contributed by atoms with E-state index in [1.54, 1.807) is 0 Å². The van der Waals surface area contributed by atoms with Crippen molar-refractivity contribution in [2.45, 2.75) is 12.8 Å². The molecule has 1 aromatic heterocycles. The second kappa shape index (κ2) is 3.67. The van der Waals surface area contributed by atoms with Gasteiger partial charge in [-0.25, -0.2) is 0 Å². The average molecular weight is 231 g/mol. The van der Waals surface area contributed by atoms with Gasteiger partial charge in [0, 0.05) is 11.6 Å². The Kier molecular flexibility index (Phi) is 2.01. The van der Waals surface area contributed by atoms with Crippen LogP contribution in [0.1, 0.15) is 17.7 Å². The highest BCUT2D eigenvalue weighted by molar-refractivity contribution is 6.00. The molecule has 0 spiro atoms. The highest BCUT2D eigenvalue weighted by atomic mass is 14.7. The summed E-state index contributed by atoms with van der Waals surface area (Å²) in [5, 5.41) is 5.22.